The third kappa shape index (κ3) is 3.08. The zero-order chi connectivity index (χ0) is 15.5. The fraction of sp³-hybridized carbons (Fsp3) is 0.353. The predicted octanol–water partition coefficient (Wildman–Crippen LogP) is 2.79. The lowest BCUT2D eigenvalue weighted by Crippen LogP contribution is -2.37. The van der Waals surface area contributed by atoms with E-state index in [0.29, 0.717) is 19.7 Å². The molecule has 0 atom stereocenters. The summed E-state index contributed by atoms with van der Waals surface area (Å²) in [4.78, 5) is 22.8. The first kappa shape index (κ1) is 14.5. The second-order valence-corrected chi connectivity index (χ2v) is 5.49. The predicted molar refractivity (Wildman–Crippen MR) is 82.2 cm³/mol. The number of aryl methyl sites for hydroxylation is 2. The molecule has 1 aromatic carbocycles. The van der Waals surface area contributed by atoms with Crippen molar-refractivity contribution in [1.29, 1.82) is 0 Å². The summed E-state index contributed by atoms with van der Waals surface area (Å²) in [6, 6.07) is 9.70. The highest BCUT2D eigenvalue weighted by atomic mass is 16.6. The van der Waals surface area contributed by atoms with Gasteiger partial charge in [-0.15, -0.1) is 0 Å². The van der Waals surface area contributed by atoms with Gasteiger partial charge in [0.05, 0.1) is 12.2 Å². The van der Waals surface area contributed by atoms with Crippen LogP contribution in [0.15, 0.2) is 30.3 Å². The number of carbonyl (C=O) groups excluding carboxylic acids is 1. The molecule has 1 aromatic heterocycles. The largest absolute Gasteiger partial charge is 0.445 e. The van der Waals surface area contributed by atoms with Gasteiger partial charge >= 0.3 is 6.09 Å². The van der Waals surface area contributed by atoms with E-state index in [-0.39, 0.29) is 6.09 Å². The van der Waals surface area contributed by atoms with Crippen molar-refractivity contribution < 1.29 is 9.53 Å². The molecule has 22 heavy (non-hydrogen) atoms. The number of benzene rings is 1. The Labute approximate surface area is 130 Å². The molecule has 114 valence electrons. The number of hydrogen-bond acceptors (Lipinski definition) is 4. The van der Waals surface area contributed by atoms with Crippen LogP contribution in [0.25, 0.3) is 0 Å². The maximum Gasteiger partial charge on any atom is 0.410 e. The van der Waals surface area contributed by atoms with Crippen molar-refractivity contribution in [3.63, 3.8) is 0 Å². The third-order valence-corrected chi connectivity index (χ3v) is 3.84. The van der Waals surface area contributed by atoms with E-state index in [0.717, 1.165) is 34.8 Å². The van der Waals surface area contributed by atoms with Gasteiger partial charge in [-0.2, -0.15) is 0 Å². The summed E-state index contributed by atoms with van der Waals surface area (Å²) in [5.41, 5.74) is 4.04. The molecule has 1 aliphatic rings. The molecule has 0 radical (unpaired) electrons. The molecule has 3 rings (SSSR count). The van der Waals surface area contributed by atoms with Crippen LogP contribution in [0.4, 0.5) is 4.79 Å². The van der Waals surface area contributed by atoms with E-state index in [1.807, 2.05) is 44.2 Å². The Balaban J connectivity index is 1.65. The number of hydrogen-bond donors (Lipinski definition) is 0. The number of rotatable bonds is 2. The van der Waals surface area contributed by atoms with Crippen molar-refractivity contribution in [2.75, 3.05) is 6.54 Å². The first-order valence-electron chi connectivity index (χ1n) is 7.42. The number of fused-ring (bicyclic) bond motifs is 1. The fourth-order valence-electron chi connectivity index (χ4n) is 2.70. The van der Waals surface area contributed by atoms with Gasteiger partial charge in [-0.05, 0) is 19.4 Å². The molecule has 0 bridgehead atoms. The van der Waals surface area contributed by atoms with Crippen LogP contribution in [0, 0.1) is 13.8 Å². The van der Waals surface area contributed by atoms with Gasteiger partial charge < -0.3 is 9.64 Å². The zero-order valence-corrected chi connectivity index (χ0v) is 12.9. The molecular formula is C17H19N3O2. The molecule has 5 heteroatoms. The highest BCUT2D eigenvalue weighted by molar-refractivity contribution is 5.68. The van der Waals surface area contributed by atoms with E-state index in [1.54, 1.807) is 4.90 Å². The SMILES string of the molecule is Cc1nc(C)c2c(n1)CCN(C(=O)OCc1ccccc1)C2. The van der Waals surface area contributed by atoms with Crippen molar-refractivity contribution in [3.8, 4) is 0 Å². The Morgan fingerprint density at radius 2 is 2.00 bits per heavy atom. The first-order chi connectivity index (χ1) is 10.6. The lowest BCUT2D eigenvalue weighted by molar-refractivity contribution is 0.0914. The van der Waals surface area contributed by atoms with Crippen LogP contribution in [0.3, 0.4) is 0 Å². The summed E-state index contributed by atoms with van der Waals surface area (Å²) in [6.07, 6.45) is 0.467. The molecular weight excluding hydrogens is 278 g/mol. The second-order valence-electron chi connectivity index (χ2n) is 5.49. The van der Waals surface area contributed by atoms with E-state index < -0.39 is 0 Å². The fourth-order valence-corrected chi connectivity index (χ4v) is 2.70. The molecule has 0 saturated heterocycles. The number of carbonyl (C=O) groups is 1. The molecule has 5 nitrogen and oxygen atoms in total. The van der Waals surface area contributed by atoms with Gasteiger partial charge in [-0.1, -0.05) is 30.3 Å². The molecule has 1 amide bonds. The number of aromatic nitrogens is 2. The van der Waals surface area contributed by atoms with Crippen LogP contribution in [-0.2, 0) is 24.3 Å². The normalized spacial score (nSPS) is 13.6. The van der Waals surface area contributed by atoms with Gasteiger partial charge in [0.1, 0.15) is 12.4 Å². The summed E-state index contributed by atoms with van der Waals surface area (Å²) in [5, 5.41) is 0. The lowest BCUT2D eigenvalue weighted by atomic mass is 10.0. The third-order valence-electron chi connectivity index (χ3n) is 3.84. The topological polar surface area (TPSA) is 55.3 Å². The molecule has 0 spiro atoms. The molecule has 0 unspecified atom stereocenters. The van der Waals surface area contributed by atoms with E-state index in [2.05, 4.69) is 9.97 Å². The Bertz CT molecular complexity index is 686. The monoisotopic (exact) mass is 297 g/mol. The minimum absolute atomic E-state index is 0.283. The van der Waals surface area contributed by atoms with Crippen molar-refractivity contribution in [1.82, 2.24) is 14.9 Å². The number of amides is 1. The first-order valence-corrected chi connectivity index (χ1v) is 7.42. The van der Waals surface area contributed by atoms with E-state index in [1.165, 1.54) is 0 Å². The highest BCUT2D eigenvalue weighted by Gasteiger charge is 2.24. The lowest BCUT2D eigenvalue weighted by Gasteiger charge is -2.28. The van der Waals surface area contributed by atoms with E-state index in [4.69, 9.17) is 4.74 Å². The number of nitrogens with zero attached hydrogens (tertiary/aromatic N) is 3. The van der Waals surface area contributed by atoms with Crippen molar-refractivity contribution in [2.45, 2.75) is 33.4 Å². The van der Waals surface area contributed by atoms with Gasteiger partial charge in [0.2, 0.25) is 0 Å². The average molecular weight is 297 g/mol. The van der Waals surface area contributed by atoms with Crippen molar-refractivity contribution in [2.24, 2.45) is 0 Å². The molecule has 0 fully saturated rings. The summed E-state index contributed by atoms with van der Waals surface area (Å²) in [7, 11) is 0. The van der Waals surface area contributed by atoms with Crippen LogP contribution < -0.4 is 0 Å². The summed E-state index contributed by atoms with van der Waals surface area (Å²) in [6.45, 7) is 5.32. The second kappa shape index (κ2) is 6.13. The van der Waals surface area contributed by atoms with Crippen molar-refractivity contribution in [3.05, 3.63) is 58.7 Å². The van der Waals surface area contributed by atoms with Crippen LogP contribution >= 0.6 is 0 Å². The molecule has 1 aliphatic heterocycles. The van der Waals surface area contributed by atoms with Crippen LogP contribution in [0.1, 0.15) is 28.3 Å². The Morgan fingerprint density at radius 1 is 1.23 bits per heavy atom. The van der Waals surface area contributed by atoms with E-state index in [9.17, 15) is 4.79 Å². The Hall–Kier alpha value is -2.43. The van der Waals surface area contributed by atoms with Gasteiger partial charge in [0.25, 0.3) is 0 Å². The Morgan fingerprint density at radius 3 is 2.77 bits per heavy atom. The van der Waals surface area contributed by atoms with Gasteiger partial charge in [0.15, 0.2) is 0 Å². The summed E-state index contributed by atoms with van der Waals surface area (Å²) < 4.78 is 5.39. The summed E-state index contributed by atoms with van der Waals surface area (Å²) >= 11 is 0. The maximum atomic E-state index is 12.2. The number of ether oxygens (including phenoxy) is 1. The van der Waals surface area contributed by atoms with Gasteiger partial charge in [0, 0.05) is 24.2 Å². The Kier molecular flexibility index (Phi) is 4.04. The summed E-state index contributed by atoms with van der Waals surface area (Å²) in [5.74, 6) is 0.788. The zero-order valence-electron chi connectivity index (χ0n) is 12.9. The highest BCUT2D eigenvalue weighted by Crippen LogP contribution is 2.20. The minimum atomic E-state index is -0.283. The van der Waals surface area contributed by atoms with Crippen molar-refractivity contribution >= 4 is 6.09 Å². The molecule has 0 saturated carbocycles. The molecule has 2 heterocycles. The van der Waals surface area contributed by atoms with Crippen LogP contribution in [0.5, 0.6) is 0 Å². The standard InChI is InChI=1S/C17H19N3O2/c1-12-15-10-20(9-8-16(15)19-13(2)18-12)17(21)22-11-14-6-4-3-5-7-14/h3-7H,8-11H2,1-2H3. The minimum Gasteiger partial charge on any atom is -0.445 e. The van der Waals surface area contributed by atoms with E-state index >= 15 is 0 Å². The van der Waals surface area contributed by atoms with Gasteiger partial charge in [-0.25, -0.2) is 14.8 Å². The molecule has 2 aromatic rings. The van der Waals surface area contributed by atoms with Gasteiger partial charge in [-0.3, -0.25) is 0 Å². The van der Waals surface area contributed by atoms with Crippen LogP contribution in [-0.4, -0.2) is 27.5 Å². The smallest absolute Gasteiger partial charge is 0.410 e. The maximum absolute atomic E-state index is 12.2. The molecule has 0 aliphatic carbocycles. The average Bonchev–Trinajstić information content (AvgIpc) is 2.53. The molecule has 0 N–H and O–H groups in total. The quantitative estimate of drug-likeness (QED) is 0.855. The van der Waals surface area contributed by atoms with Crippen LogP contribution in [0.2, 0.25) is 0 Å².